The van der Waals surface area contributed by atoms with Gasteiger partial charge in [0, 0.05) is 32.1 Å². The van der Waals surface area contributed by atoms with Crippen LogP contribution in [-0.4, -0.2) is 72.7 Å². The molecule has 2 aliphatic rings. The molecule has 2 fully saturated rings. The second-order valence-electron chi connectivity index (χ2n) is 7.65. The standard InChI is InChI=1S/C18H35N3O2/c1-15(22)13-21-11-7-16(8-12-21)14-20(2)10-9-18(23)19-17-5-3-4-6-17/h15-17,22H,3-14H2,1-2H3,(H,19,23)/t15-/m1/s1. The lowest BCUT2D eigenvalue weighted by Gasteiger charge is -2.34. The third-order valence-corrected chi connectivity index (χ3v) is 5.24. The van der Waals surface area contributed by atoms with Crippen LogP contribution in [0.3, 0.4) is 0 Å². The van der Waals surface area contributed by atoms with Crippen LogP contribution in [0.15, 0.2) is 0 Å². The van der Waals surface area contributed by atoms with Crippen molar-refractivity contribution in [2.45, 2.75) is 64.0 Å². The van der Waals surface area contributed by atoms with E-state index in [-0.39, 0.29) is 12.0 Å². The SMILES string of the molecule is C[C@@H](O)CN1CCC(CN(C)CCC(=O)NC2CCCC2)CC1. The lowest BCUT2D eigenvalue weighted by atomic mass is 9.96. The molecule has 0 spiro atoms. The van der Waals surface area contributed by atoms with E-state index in [2.05, 4.69) is 22.2 Å². The largest absolute Gasteiger partial charge is 0.392 e. The molecule has 5 nitrogen and oxygen atoms in total. The van der Waals surface area contributed by atoms with E-state index < -0.39 is 0 Å². The molecule has 1 atom stereocenters. The summed E-state index contributed by atoms with van der Waals surface area (Å²) < 4.78 is 0. The maximum atomic E-state index is 12.0. The van der Waals surface area contributed by atoms with Gasteiger partial charge >= 0.3 is 0 Å². The average Bonchev–Trinajstić information content (AvgIpc) is 2.99. The van der Waals surface area contributed by atoms with Gasteiger partial charge in [0.05, 0.1) is 6.10 Å². The van der Waals surface area contributed by atoms with Crippen molar-refractivity contribution in [2.75, 3.05) is 39.8 Å². The van der Waals surface area contributed by atoms with Crippen LogP contribution in [0.25, 0.3) is 0 Å². The molecule has 23 heavy (non-hydrogen) atoms. The molecule has 1 amide bonds. The lowest BCUT2D eigenvalue weighted by molar-refractivity contribution is -0.122. The number of hydrogen-bond acceptors (Lipinski definition) is 4. The van der Waals surface area contributed by atoms with Crippen molar-refractivity contribution in [3.05, 3.63) is 0 Å². The van der Waals surface area contributed by atoms with Crippen LogP contribution in [0.2, 0.25) is 0 Å². The van der Waals surface area contributed by atoms with Crippen LogP contribution < -0.4 is 5.32 Å². The van der Waals surface area contributed by atoms with E-state index in [1.807, 2.05) is 6.92 Å². The van der Waals surface area contributed by atoms with Crippen LogP contribution in [-0.2, 0) is 4.79 Å². The smallest absolute Gasteiger partial charge is 0.221 e. The molecule has 1 saturated heterocycles. The summed E-state index contributed by atoms with van der Waals surface area (Å²) in [7, 11) is 2.13. The minimum atomic E-state index is -0.229. The van der Waals surface area contributed by atoms with E-state index in [1.54, 1.807) is 0 Å². The molecule has 0 unspecified atom stereocenters. The van der Waals surface area contributed by atoms with Gasteiger partial charge in [-0.15, -0.1) is 0 Å². The van der Waals surface area contributed by atoms with Gasteiger partial charge in [-0.05, 0) is 58.7 Å². The van der Waals surface area contributed by atoms with Gasteiger partial charge in [0.25, 0.3) is 0 Å². The minimum absolute atomic E-state index is 0.218. The van der Waals surface area contributed by atoms with Gasteiger partial charge in [0.2, 0.25) is 5.91 Å². The highest BCUT2D eigenvalue weighted by molar-refractivity contribution is 5.76. The van der Waals surface area contributed by atoms with Gasteiger partial charge in [-0.1, -0.05) is 12.8 Å². The number of rotatable bonds is 8. The molecule has 1 aliphatic carbocycles. The van der Waals surface area contributed by atoms with Crippen molar-refractivity contribution in [3.63, 3.8) is 0 Å². The first-order chi connectivity index (χ1) is 11.0. The molecule has 1 heterocycles. The van der Waals surface area contributed by atoms with Crippen LogP contribution in [0.4, 0.5) is 0 Å². The zero-order valence-electron chi connectivity index (χ0n) is 15.0. The number of likely N-dealkylation sites (tertiary alicyclic amines) is 1. The number of hydrogen-bond donors (Lipinski definition) is 2. The number of aliphatic hydroxyl groups excluding tert-OH is 1. The zero-order chi connectivity index (χ0) is 16.7. The number of aliphatic hydroxyl groups is 1. The molecule has 0 bridgehead atoms. The number of nitrogens with zero attached hydrogens (tertiary/aromatic N) is 2. The minimum Gasteiger partial charge on any atom is -0.392 e. The molecule has 0 aromatic carbocycles. The number of nitrogens with one attached hydrogen (secondary N) is 1. The van der Waals surface area contributed by atoms with Crippen LogP contribution in [0.1, 0.15) is 51.9 Å². The highest BCUT2D eigenvalue weighted by atomic mass is 16.3. The quantitative estimate of drug-likeness (QED) is 0.709. The predicted molar refractivity (Wildman–Crippen MR) is 93.4 cm³/mol. The Morgan fingerprint density at radius 3 is 2.52 bits per heavy atom. The van der Waals surface area contributed by atoms with Gasteiger partial charge in [-0.3, -0.25) is 4.79 Å². The highest BCUT2D eigenvalue weighted by Gasteiger charge is 2.21. The van der Waals surface area contributed by atoms with E-state index in [0.717, 1.165) is 51.5 Å². The van der Waals surface area contributed by atoms with Crippen molar-refractivity contribution in [1.82, 2.24) is 15.1 Å². The summed E-state index contributed by atoms with van der Waals surface area (Å²) in [5.41, 5.74) is 0. The van der Waals surface area contributed by atoms with Crippen molar-refractivity contribution < 1.29 is 9.90 Å². The van der Waals surface area contributed by atoms with Crippen molar-refractivity contribution in [3.8, 4) is 0 Å². The molecule has 134 valence electrons. The van der Waals surface area contributed by atoms with E-state index in [0.29, 0.717) is 12.5 Å². The molecule has 0 aromatic heterocycles. The van der Waals surface area contributed by atoms with E-state index >= 15 is 0 Å². The lowest BCUT2D eigenvalue weighted by Crippen LogP contribution is -2.41. The zero-order valence-corrected chi connectivity index (χ0v) is 15.0. The topological polar surface area (TPSA) is 55.8 Å². The summed E-state index contributed by atoms with van der Waals surface area (Å²) in [6.07, 6.45) is 7.63. The number of amides is 1. The maximum absolute atomic E-state index is 12.0. The molecule has 2 rings (SSSR count). The number of carbonyl (C=O) groups is 1. The number of piperidine rings is 1. The Bertz CT molecular complexity index is 348. The Hall–Kier alpha value is -0.650. The van der Waals surface area contributed by atoms with Crippen LogP contribution in [0.5, 0.6) is 0 Å². The van der Waals surface area contributed by atoms with E-state index in [4.69, 9.17) is 0 Å². The Labute approximate surface area is 141 Å². The Morgan fingerprint density at radius 2 is 1.91 bits per heavy atom. The van der Waals surface area contributed by atoms with Gasteiger partial charge in [0.15, 0.2) is 0 Å². The first-order valence-electron chi connectivity index (χ1n) is 9.41. The van der Waals surface area contributed by atoms with Gasteiger partial charge in [-0.25, -0.2) is 0 Å². The first-order valence-corrected chi connectivity index (χ1v) is 9.41. The molecular formula is C18H35N3O2. The average molecular weight is 325 g/mol. The summed E-state index contributed by atoms with van der Waals surface area (Å²) in [6, 6.07) is 0.436. The Balaban J connectivity index is 1.56. The fourth-order valence-corrected chi connectivity index (χ4v) is 3.92. The summed E-state index contributed by atoms with van der Waals surface area (Å²) in [6.45, 7) is 6.77. The van der Waals surface area contributed by atoms with Crippen LogP contribution in [0, 0.1) is 5.92 Å². The molecule has 1 aliphatic heterocycles. The second-order valence-corrected chi connectivity index (χ2v) is 7.65. The van der Waals surface area contributed by atoms with Gasteiger partial charge < -0.3 is 20.2 Å². The molecule has 1 saturated carbocycles. The Morgan fingerprint density at radius 1 is 1.26 bits per heavy atom. The fraction of sp³-hybridized carbons (Fsp3) is 0.944. The van der Waals surface area contributed by atoms with Gasteiger partial charge in [0.1, 0.15) is 0 Å². The molecule has 0 aromatic rings. The van der Waals surface area contributed by atoms with E-state index in [1.165, 1.54) is 25.7 Å². The predicted octanol–water partition coefficient (Wildman–Crippen LogP) is 1.46. The van der Waals surface area contributed by atoms with E-state index in [9.17, 15) is 9.90 Å². The highest BCUT2D eigenvalue weighted by Crippen LogP contribution is 2.19. The van der Waals surface area contributed by atoms with Crippen molar-refractivity contribution in [2.24, 2.45) is 5.92 Å². The van der Waals surface area contributed by atoms with Crippen molar-refractivity contribution in [1.29, 1.82) is 0 Å². The molecular weight excluding hydrogens is 290 g/mol. The summed E-state index contributed by atoms with van der Waals surface area (Å²) in [5, 5.41) is 12.6. The molecule has 5 heteroatoms. The Kier molecular flexibility index (Phi) is 7.80. The van der Waals surface area contributed by atoms with Crippen LogP contribution >= 0.6 is 0 Å². The van der Waals surface area contributed by atoms with Crippen molar-refractivity contribution >= 4 is 5.91 Å². The number of carbonyl (C=O) groups excluding carboxylic acids is 1. The summed E-state index contributed by atoms with van der Waals surface area (Å²) in [5.74, 6) is 0.943. The normalized spacial score (nSPS) is 22.6. The molecule has 2 N–H and O–H groups in total. The fourth-order valence-electron chi connectivity index (χ4n) is 3.92. The first kappa shape index (κ1) is 18.7. The monoisotopic (exact) mass is 325 g/mol. The maximum Gasteiger partial charge on any atom is 0.221 e. The summed E-state index contributed by atoms with van der Waals surface area (Å²) >= 11 is 0. The summed E-state index contributed by atoms with van der Waals surface area (Å²) in [4.78, 5) is 16.6. The third-order valence-electron chi connectivity index (χ3n) is 5.24. The molecule has 0 radical (unpaired) electrons. The number of β-amino-alcohol motifs (C(OH)–C–C–N with tert-alkyl or cyclic N) is 1. The second kappa shape index (κ2) is 9.60. The third kappa shape index (κ3) is 7.19. The van der Waals surface area contributed by atoms with Gasteiger partial charge in [-0.2, -0.15) is 0 Å².